The van der Waals surface area contributed by atoms with Gasteiger partial charge in [0, 0.05) is 0 Å². The Labute approximate surface area is 108 Å². The molecule has 2 rings (SSSR count). The highest BCUT2D eigenvalue weighted by Gasteiger charge is 2.15. The van der Waals surface area contributed by atoms with Crippen LogP contribution in [0.15, 0.2) is 24.3 Å². The Kier molecular flexibility index (Phi) is 3.09. The second kappa shape index (κ2) is 4.26. The smallest absolute Gasteiger partial charge is 0.0903 e. The van der Waals surface area contributed by atoms with Crippen molar-refractivity contribution in [3.8, 4) is 10.4 Å². The summed E-state index contributed by atoms with van der Waals surface area (Å²) in [4.78, 5) is 5.80. The SMILES string of the molecule is Cc1nc(C)c(-c2cccc(C(C)(C)C)c2)s1. The molecule has 0 amide bonds. The topological polar surface area (TPSA) is 12.9 Å². The maximum absolute atomic E-state index is 4.50. The van der Waals surface area contributed by atoms with Gasteiger partial charge in [0.1, 0.15) is 0 Å². The largest absolute Gasteiger partial charge is 0.246 e. The molecule has 0 aliphatic carbocycles. The highest BCUT2D eigenvalue weighted by atomic mass is 32.1. The molecule has 0 atom stereocenters. The van der Waals surface area contributed by atoms with Gasteiger partial charge in [-0.3, -0.25) is 0 Å². The molecule has 0 saturated heterocycles. The lowest BCUT2D eigenvalue weighted by Gasteiger charge is -2.19. The van der Waals surface area contributed by atoms with E-state index in [1.54, 1.807) is 11.3 Å². The maximum atomic E-state index is 4.50. The van der Waals surface area contributed by atoms with Crippen LogP contribution in [-0.2, 0) is 5.41 Å². The second-order valence-electron chi connectivity index (χ2n) is 5.48. The van der Waals surface area contributed by atoms with Crippen molar-refractivity contribution in [1.82, 2.24) is 4.98 Å². The third-order valence-electron chi connectivity index (χ3n) is 2.89. The van der Waals surface area contributed by atoms with Crippen molar-refractivity contribution in [2.75, 3.05) is 0 Å². The number of rotatable bonds is 1. The monoisotopic (exact) mass is 245 g/mol. The molecule has 0 N–H and O–H groups in total. The standard InChI is InChI=1S/C15H19NS/c1-10-14(17-11(2)16-10)12-7-6-8-13(9-12)15(3,4)5/h6-9H,1-5H3. The maximum Gasteiger partial charge on any atom is 0.0903 e. The van der Waals surface area contributed by atoms with E-state index in [0.29, 0.717) is 0 Å². The molecule has 0 spiro atoms. The second-order valence-corrected chi connectivity index (χ2v) is 6.68. The van der Waals surface area contributed by atoms with Crippen LogP contribution in [0.5, 0.6) is 0 Å². The summed E-state index contributed by atoms with van der Waals surface area (Å²) in [6, 6.07) is 8.81. The summed E-state index contributed by atoms with van der Waals surface area (Å²) in [5.41, 5.74) is 4.00. The molecular weight excluding hydrogens is 226 g/mol. The molecule has 0 unspecified atom stereocenters. The van der Waals surface area contributed by atoms with E-state index in [2.05, 4.69) is 63.9 Å². The molecule has 0 aliphatic rings. The zero-order chi connectivity index (χ0) is 12.6. The summed E-state index contributed by atoms with van der Waals surface area (Å²) in [6.07, 6.45) is 0. The van der Waals surface area contributed by atoms with Gasteiger partial charge < -0.3 is 0 Å². The molecule has 0 fully saturated rings. The molecule has 17 heavy (non-hydrogen) atoms. The lowest BCUT2D eigenvalue weighted by Crippen LogP contribution is -2.10. The van der Waals surface area contributed by atoms with E-state index < -0.39 is 0 Å². The van der Waals surface area contributed by atoms with E-state index in [1.165, 1.54) is 16.0 Å². The molecule has 1 aromatic carbocycles. The summed E-state index contributed by atoms with van der Waals surface area (Å²) >= 11 is 1.78. The van der Waals surface area contributed by atoms with Gasteiger partial charge >= 0.3 is 0 Å². The van der Waals surface area contributed by atoms with Crippen molar-refractivity contribution in [2.45, 2.75) is 40.0 Å². The molecule has 0 radical (unpaired) electrons. The van der Waals surface area contributed by atoms with Crippen LogP contribution in [0.4, 0.5) is 0 Å². The molecule has 1 nitrogen and oxygen atoms in total. The van der Waals surface area contributed by atoms with Gasteiger partial charge in [-0.05, 0) is 36.5 Å². The summed E-state index contributed by atoms with van der Waals surface area (Å²) in [7, 11) is 0. The van der Waals surface area contributed by atoms with E-state index in [-0.39, 0.29) is 5.41 Å². The first-order valence-corrected chi connectivity index (χ1v) is 6.74. The van der Waals surface area contributed by atoms with Crippen molar-refractivity contribution < 1.29 is 0 Å². The van der Waals surface area contributed by atoms with Crippen LogP contribution in [0.25, 0.3) is 10.4 Å². The Morgan fingerprint density at radius 2 is 1.82 bits per heavy atom. The zero-order valence-electron chi connectivity index (χ0n) is 11.2. The first kappa shape index (κ1) is 12.3. The fourth-order valence-corrected chi connectivity index (χ4v) is 2.84. The quantitative estimate of drug-likeness (QED) is 0.708. The van der Waals surface area contributed by atoms with Gasteiger partial charge in [0.25, 0.3) is 0 Å². The van der Waals surface area contributed by atoms with Crippen LogP contribution < -0.4 is 0 Å². The number of hydrogen-bond donors (Lipinski definition) is 0. The third-order valence-corrected chi connectivity index (χ3v) is 4.02. The first-order valence-electron chi connectivity index (χ1n) is 5.93. The summed E-state index contributed by atoms with van der Waals surface area (Å²) in [6.45, 7) is 10.9. The van der Waals surface area contributed by atoms with E-state index in [9.17, 15) is 0 Å². The van der Waals surface area contributed by atoms with Gasteiger partial charge in [0.05, 0.1) is 15.6 Å². The van der Waals surface area contributed by atoms with Crippen LogP contribution in [0.3, 0.4) is 0 Å². The molecule has 0 bridgehead atoms. The molecule has 0 saturated carbocycles. The van der Waals surface area contributed by atoms with Gasteiger partial charge in [0.15, 0.2) is 0 Å². The van der Waals surface area contributed by atoms with Crippen molar-refractivity contribution in [3.63, 3.8) is 0 Å². The fraction of sp³-hybridized carbons (Fsp3) is 0.400. The van der Waals surface area contributed by atoms with E-state index in [0.717, 1.165) is 10.7 Å². The number of aromatic nitrogens is 1. The molecule has 2 heteroatoms. The summed E-state index contributed by atoms with van der Waals surface area (Å²) in [5.74, 6) is 0. The Morgan fingerprint density at radius 3 is 2.35 bits per heavy atom. The number of hydrogen-bond acceptors (Lipinski definition) is 2. The number of nitrogens with zero attached hydrogens (tertiary/aromatic N) is 1. The van der Waals surface area contributed by atoms with Gasteiger partial charge in [-0.1, -0.05) is 39.0 Å². The minimum atomic E-state index is 0.198. The van der Waals surface area contributed by atoms with Crippen LogP contribution >= 0.6 is 11.3 Å². The van der Waals surface area contributed by atoms with Crippen LogP contribution in [0.1, 0.15) is 37.0 Å². The zero-order valence-corrected chi connectivity index (χ0v) is 12.0. The summed E-state index contributed by atoms with van der Waals surface area (Å²) < 4.78 is 0. The van der Waals surface area contributed by atoms with Gasteiger partial charge in [0.2, 0.25) is 0 Å². The minimum Gasteiger partial charge on any atom is -0.246 e. The highest BCUT2D eigenvalue weighted by Crippen LogP contribution is 2.32. The van der Waals surface area contributed by atoms with Crippen molar-refractivity contribution in [2.24, 2.45) is 0 Å². The van der Waals surface area contributed by atoms with Crippen molar-refractivity contribution in [1.29, 1.82) is 0 Å². The normalized spacial score (nSPS) is 11.8. The minimum absolute atomic E-state index is 0.198. The van der Waals surface area contributed by atoms with E-state index >= 15 is 0 Å². The van der Waals surface area contributed by atoms with Crippen molar-refractivity contribution in [3.05, 3.63) is 40.5 Å². The van der Waals surface area contributed by atoms with Crippen LogP contribution in [0.2, 0.25) is 0 Å². The molecular formula is C15H19NS. The number of aryl methyl sites for hydroxylation is 2. The molecule has 1 aromatic heterocycles. The lowest BCUT2D eigenvalue weighted by molar-refractivity contribution is 0.590. The fourth-order valence-electron chi connectivity index (χ4n) is 1.93. The molecule has 90 valence electrons. The first-order chi connectivity index (χ1) is 7.88. The Morgan fingerprint density at radius 1 is 1.12 bits per heavy atom. The van der Waals surface area contributed by atoms with Crippen molar-refractivity contribution >= 4 is 11.3 Å². The van der Waals surface area contributed by atoms with Gasteiger partial charge in [-0.15, -0.1) is 11.3 Å². The van der Waals surface area contributed by atoms with Gasteiger partial charge in [-0.25, -0.2) is 4.98 Å². The molecule has 0 aliphatic heterocycles. The van der Waals surface area contributed by atoms with E-state index in [4.69, 9.17) is 0 Å². The van der Waals surface area contributed by atoms with Crippen LogP contribution in [0, 0.1) is 13.8 Å². The Bertz CT molecular complexity index is 532. The van der Waals surface area contributed by atoms with Crippen LogP contribution in [-0.4, -0.2) is 4.98 Å². The summed E-state index contributed by atoms with van der Waals surface area (Å²) in [5, 5.41) is 1.14. The average Bonchev–Trinajstić information content (AvgIpc) is 2.57. The predicted octanol–water partition coefficient (Wildman–Crippen LogP) is 4.72. The number of thiazole rings is 1. The molecule has 2 aromatic rings. The highest BCUT2D eigenvalue weighted by molar-refractivity contribution is 7.15. The van der Waals surface area contributed by atoms with E-state index in [1.807, 2.05) is 0 Å². The number of benzene rings is 1. The lowest BCUT2D eigenvalue weighted by atomic mass is 9.86. The Balaban J connectivity index is 2.50. The molecule has 1 heterocycles. The van der Waals surface area contributed by atoms with Gasteiger partial charge in [-0.2, -0.15) is 0 Å². The Hall–Kier alpha value is -1.15. The third kappa shape index (κ3) is 2.58. The predicted molar refractivity (Wildman–Crippen MR) is 75.7 cm³/mol. The average molecular weight is 245 g/mol.